The molecule has 1 aromatic carbocycles. The Morgan fingerprint density at radius 1 is 1.42 bits per heavy atom. The van der Waals surface area contributed by atoms with E-state index in [0.717, 1.165) is 12.1 Å². The minimum absolute atomic E-state index is 0.332. The average Bonchev–Trinajstić information content (AvgIpc) is 2.41. The molecule has 0 aromatic heterocycles. The van der Waals surface area contributed by atoms with Crippen LogP contribution in [0.3, 0.4) is 0 Å². The van der Waals surface area contributed by atoms with Gasteiger partial charge in [0.15, 0.2) is 0 Å². The molecule has 6 heteroatoms. The minimum atomic E-state index is -2.65. The van der Waals surface area contributed by atoms with Gasteiger partial charge in [-0.15, -0.1) is 0 Å². The van der Waals surface area contributed by atoms with E-state index < -0.39 is 6.65 Å². The van der Waals surface area contributed by atoms with E-state index in [1.165, 1.54) is 23.3 Å². The molecule has 0 aliphatic rings. The fourth-order valence-electron chi connectivity index (χ4n) is 1.29. The third kappa shape index (κ3) is 5.81. The van der Waals surface area contributed by atoms with Crippen LogP contribution >= 0.6 is 18.0 Å². The van der Waals surface area contributed by atoms with Crippen LogP contribution in [-0.4, -0.2) is 18.6 Å². The lowest BCUT2D eigenvalue weighted by Crippen LogP contribution is -2.17. The summed E-state index contributed by atoms with van der Waals surface area (Å²) in [6.07, 6.45) is 2.49. The number of hydrogen-bond donors (Lipinski definition) is 2. The maximum Gasteiger partial charge on any atom is 0.290 e. The molecule has 0 saturated heterocycles. The predicted molar refractivity (Wildman–Crippen MR) is 86.5 cm³/mol. The monoisotopic (exact) mass is 299 g/mol. The molecule has 0 radical (unpaired) electrons. The summed E-state index contributed by atoms with van der Waals surface area (Å²) in [5.74, 6) is 0. The van der Waals surface area contributed by atoms with E-state index >= 15 is 0 Å². The van der Waals surface area contributed by atoms with Crippen molar-refractivity contribution in [3.05, 3.63) is 29.8 Å². The quantitative estimate of drug-likeness (QED) is 0.452. The molecule has 0 bridgehead atoms. The van der Waals surface area contributed by atoms with E-state index in [9.17, 15) is 4.57 Å². The van der Waals surface area contributed by atoms with Crippen molar-refractivity contribution in [3.63, 3.8) is 0 Å². The van der Waals surface area contributed by atoms with Crippen molar-refractivity contribution in [1.29, 1.82) is 0 Å². The number of benzene rings is 1. The molecule has 2 N–H and O–H groups in total. The highest BCUT2D eigenvalue weighted by molar-refractivity contribution is 8.57. The van der Waals surface area contributed by atoms with E-state index in [1.807, 2.05) is 31.2 Å². The van der Waals surface area contributed by atoms with E-state index in [4.69, 9.17) is 0 Å². The lowest BCUT2D eigenvalue weighted by molar-refractivity contribution is 0.577. The van der Waals surface area contributed by atoms with Gasteiger partial charge in [0.1, 0.15) is 0 Å². The maximum absolute atomic E-state index is 12.4. The number of nitrogens with zero attached hydrogens (tertiary/aromatic N) is 1. The predicted octanol–water partition coefficient (Wildman–Crippen LogP) is 4.10. The van der Waals surface area contributed by atoms with Gasteiger partial charge in [0.2, 0.25) is 0 Å². The summed E-state index contributed by atoms with van der Waals surface area (Å²) in [6, 6.07) is 7.86. The van der Waals surface area contributed by atoms with Crippen LogP contribution in [0.1, 0.15) is 25.8 Å². The zero-order valence-electron chi connectivity index (χ0n) is 11.9. The Kier molecular flexibility index (Phi) is 6.63. The standard InChI is InChI=1S/C13H22N3OPS/c1-5-12(3)19-18(17,14-4)16-10-15-13-8-6-11(2)7-9-13/h6-10,12H,5H2,1-4H3,(H2,14,15,16,17). The van der Waals surface area contributed by atoms with Gasteiger partial charge in [0, 0.05) is 5.25 Å². The minimum Gasteiger partial charge on any atom is -0.307 e. The van der Waals surface area contributed by atoms with Crippen LogP contribution in [-0.2, 0) is 4.57 Å². The summed E-state index contributed by atoms with van der Waals surface area (Å²) >= 11 is 1.43. The van der Waals surface area contributed by atoms with Gasteiger partial charge in [-0.3, -0.25) is 4.57 Å². The van der Waals surface area contributed by atoms with Crippen LogP contribution in [0.4, 0.5) is 5.69 Å². The molecule has 1 aromatic rings. The van der Waals surface area contributed by atoms with Gasteiger partial charge in [-0.1, -0.05) is 42.9 Å². The molecule has 19 heavy (non-hydrogen) atoms. The first kappa shape index (κ1) is 16.3. The first-order valence-electron chi connectivity index (χ1n) is 6.33. The Morgan fingerprint density at radius 2 is 2.05 bits per heavy atom. The lowest BCUT2D eigenvalue weighted by Gasteiger charge is -2.19. The second kappa shape index (κ2) is 7.73. The largest absolute Gasteiger partial charge is 0.307 e. The zero-order chi connectivity index (χ0) is 14.3. The third-order valence-electron chi connectivity index (χ3n) is 2.67. The molecule has 4 nitrogen and oxygen atoms in total. The summed E-state index contributed by atoms with van der Waals surface area (Å²) < 4.78 is 12.4. The molecule has 0 aliphatic carbocycles. The van der Waals surface area contributed by atoms with Crippen molar-refractivity contribution in [1.82, 2.24) is 10.2 Å². The van der Waals surface area contributed by atoms with Crippen molar-refractivity contribution < 1.29 is 4.57 Å². The summed E-state index contributed by atoms with van der Waals surface area (Å²) in [5.41, 5.74) is 2.04. The molecule has 0 amide bonds. The highest BCUT2D eigenvalue weighted by atomic mass is 32.7. The first-order chi connectivity index (χ1) is 8.99. The number of rotatable bonds is 7. The second-order valence-corrected chi connectivity index (χ2v) is 9.32. The third-order valence-corrected chi connectivity index (χ3v) is 7.54. The molecule has 0 spiro atoms. The maximum atomic E-state index is 12.4. The fraction of sp³-hybridized carbons (Fsp3) is 0.462. The SMILES string of the molecule is CCC(C)SP(=O)(NC)NC=Nc1ccc(C)cc1. The molecule has 106 valence electrons. The molecule has 2 atom stereocenters. The number of aryl methyl sites for hydroxylation is 1. The van der Waals surface area contributed by atoms with Crippen LogP contribution in [0.2, 0.25) is 0 Å². The van der Waals surface area contributed by atoms with Crippen LogP contribution in [0.5, 0.6) is 0 Å². The number of nitrogens with one attached hydrogen (secondary N) is 2. The van der Waals surface area contributed by atoms with Gasteiger partial charge < -0.3 is 5.09 Å². The summed E-state index contributed by atoms with van der Waals surface area (Å²) in [7, 11) is 1.70. The number of aliphatic imine (C=N–C) groups is 1. The van der Waals surface area contributed by atoms with Crippen molar-refractivity contribution >= 4 is 30.1 Å². The van der Waals surface area contributed by atoms with Gasteiger partial charge >= 0.3 is 0 Å². The fourth-order valence-corrected chi connectivity index (χ4v) is 5.05. The van der Waals surface area contributed by atoms with E-state index in [2.05, 4.69) is 29.0 Å². The van der Waals surface area contributed by atoms with Crippen molar-refractivity contribution in [2.24, 2.45) is 4.99 Å². The van der Waals surface area contributed by atoms with Gasteiger partial charge in [0.05, 0.1) is 12.0 Å². The summed E-state index contributed by atoms with van der Waals surface area (Å²) in [5, 5.41) is 6.08. The Hall–Kier alpha value is -0.770. The van der Waals surface area contributed by atoms with Crippen LogP contribution < -0.4 is 10.2 Å². The molecule has 0 fully saturated rings. The second-order valence-electron chi connectivity index (χ2n) is 4.32. The zero-order valence-corrected chi connectivity index (χ0v) is 13.6. The summed E-state index contributed by atoms with van der Waals surface area (Å²) in [6.45, 7) is 3.52. The van der Waals surface area contributed by atoms with Crippen LogP contribution in [0, 0.1) is 6.92 Å². The first-order valence-corrected chi connectivity index (χ1v) is 9.52. The Labute approximate surface area is 119 Å². The molecular weight excluding hydrogens is 277 g/mol. The molecule has 1 rings (SSSR count). The van der Waals surface area contributed by atoms with Gasteiger partial charge in [0.25, 0.3) is 6.65 Å². The molecule has 0 heterocycles. The molecular formula is C13H22N3OPS. The smallest absolute Gasteiger partial charge is 0.290 e. The summed E-state index contributed by atoms with van der Waals surface area (Å²) in [4.78, 5) is 4.25. The number of hydrogen-bond acceptors (Lipinski definition) is 3. The Morgan fingerprint density at radius 3 is 2.58 bits per heavy atom. The highest BCUT2D eigenvalue weighted by Crippen LogP contribution is 2.52. The van der Waals surface area contributed by atoms with Gasteiger partial charge in [-0.2, -0.15) is 0 Å². The van der Waals surface area contributed by atoms with E-state index in [0.29, 0.717) is 5.25 Å². The van der Waals surface area contributed by atoms with E-state index in [1.54, 1.807) is 7.05 Å². The van der Waals surface area contributed by atoms with Gasteiger partial charge in [-0.25, -0.2) is 10.1 Å². The van der Waals surface area contributed by atoms with Crippen molar-refractivity contribution in [3.8, 4) is 0 Å². The average molecular weight is 299 g/mol. The lowest BCUT2D eigenvalue weighted by atomic mass is 10.2. The highest BCUT2D eigenvalue weighted by Gasteiger charge is 2.21. The van der Waals surface area contributed by atoms with Crippen molar-refractivity contribution in [2.45, 2.75) is 32.4 Å². The Balaban J connectivity index is 2.62. The van der Waals surface area contributed by atoms with Crippen LogP contribution in [0.25, 0.3) is 0 Å². The topological polar surface area (TPSA) is 53.5 Å². The molecule has 2 unspecified atom stereocenters. The van der Waals surface area contributed by atoms with Gasteiger partial charge in [-0.05, 0) is 32.5 Å². The normalized spacial score (nSPS) is 16.2. The Bertz CT molecular complexity index is 461. The van der Waals surface area contributed by atoms with Crippen molar-refractivity contribution in [2.75, 3.05) is 7.05 Å². The molecule has 0 aliphatic heterocycles. The van der Waals surface area contributed by atoms with E-state index in [-0.39, 0.29) is 0 Å². The van der Waals surface area contributed by atoms with Crippen LogP contribution in [0.15, 0.2) is 29.3 Å². The molecule has 0 saturated carbocycles.